The summed E-state index contributed by atoms with van der Waals surface area (Å²) in [6, 6.07) is 0.468. The molecule has 0 aromatic carbocycles. The third-order valence-corrected chi connectivity index (χ3v) is 4.23. The number of nitrogens with zero attached hydrogens (tertiary/aromatic N) is 2. The number of alkyl carbamates (subject to hydrolysis) is 1. The van der Waals surface area contributed by atoms with E-state index < -0.39 is 5.60 Å². The predicted octanol–water partition coefficient (Wildman–Crippen LogP) is 1.84. The van der Waals surface area contributed by atoms with Crippen molar-refractivity contribution in [3.8, 4) is 0 Å². The second-order valence-corrected chi connectivity index (χ2v) is 8.00. The number of hydrogen-bond donors (Lipinski definition) is 3. The van der Waals surface area contributed by atoms with Gasteiger partial charge in [-0.2, -0.15) is 0 Å². The maximum absolute atomic E-state index is 11.9. The average Bonchev–Trinajstić information content (AvgIpc) is 3.22. The molecule has 1 aliphatic heterocycles. The molecule has 0 radical (unpaired) electrons. The van der Waals surface area contributed by atoms with Gasteiger partial charge in [-0.1, -0.05) is 0 Å². The molecule has 2 fully saturated rings. The summed E-state index contributed by atoms with van der Waals surface area (Å²) in [5.41, 5.74) is -0.494. The number of rotatable bonds is 6. The summed E-state index contributed by atoms with van der Waals surface area (Å²) in [5.74, 6) is 0.938. The molecule has 2 amide bonds. The van der Waals surface area contributed by atoms with Crippen molar-refractivity contribution in [1.29, 1.82) is 0 Å². The minimum atomic E-state index is -0.494. The van der Waals surface area contributed by atoms with Gasteiger partial charge < -0.3 is 25.6 Å². The van der Waals surface area contributed by atoms with Crippen LogP contribution in [-0.4, -0.2) is 67.2 Å². The van der Waals surface area contributed by atoms with Crippen LogP contribution in [0.1, 0.15) is 52.9 Å². The smallest absolute Gasteiger partial charge is 0.407 e. The number of carbonyl (C=O) groups excluding carboxylic acids is 2. The van der Waals surface area contributed by atoms with Crippen LogP contribution in [0.15, 0.2) is 4.99 Å². The lowest BCUT2D eigenvalue weighted by Crippen LogP contribution is -2.44. The van der Waals surface area contributed by atoms with Gasteiger partial charge in [0.2, 0.25) is 5.91 Å². The zero-order chi connectivity index (χ0) is 19.2. The van der Waals surface area contributed by atoms with E-state index >= 15 is 0 Å². The Bertz CT molecular complexity index is 532. The number of halogens is 1. The first kappa shape index (κ1) is 23.8. The number of likely N-dealkylation sites (tertiary alicyclic amines) is 1. The van der Waals surface area contributed by atoms with Crippen molar-refractivity contribution in [2.24, 2.45) is 4.99 Å². The Hall–Kier alpha value is -1.26. The summed E-state index contributed by atoms with van der Waals surface area (Å²) in [6.07, 6.45) is 4.00. The van der Waals surface area contributed by atoms with Crippen molar-refractivity contribution < 1.29 is 14.3 Å². The molecule has 2 aliphatic rings. The van der Waals surface area contributed by atoms with E-state index in [1.165, 1.54) is 0 Å². The monoisotopic (exact) mass is 495 g/mol. The Morgan fingerprint density at radius 3 is 2.44 bits per heavy atom. The molecule has 0 aromatic heterocycles. The average molecular weight is 495 g/mol. The maximum Gasteiger partial charge on any atom is 0.407 e. The Morgan fingerprint density at radius 2 is 1.85 bits per heavy atom. The number of hydrogen-bond acceptors (Lipinski definition) is 4. The number of guanidine groups is 1. The third-order valence-electron chi connectivity index (χ3n) is 4.23. The molecule has 1 saturated heterocycles. The minimum Gasteiger partial charge on any atom is -0.444 e. The van der Waals surface area contributed by atoms with Crippen LogP contribution in [0.5, 0.6) is 0 Å². The molecule has 9 heteroatoms. The first-order valence-electron chi connectivity index (χ1n) is 9.51. The lowest BCUT2D eigenvalue weighted by atomic mass is 10.2. The van der Waals surface area contributed by atoms with Gasteiger partial charge >= 0.3 is 6.09 Å². The maximum atomic E-state index is 11.9. The van der Waals surface area contributed by atoms with Crippen LogP contribution in [-0.2, 0) is 9.53 Å². The van der Waals surface area contributed by atoms with Gasteiger partial charge in [0.1, 0.15) is 5.60 Å². The SMILES string of the molecule is CN=C(NCCCC(=O)NC1CC1)N1CCC(NC(=O)OC(C)(C)C)C1.I. The molecule has 156 valence electrons. The van der Waals surface area contributed by atoms with Gasteiger partial charge in [0, 0.05) is 39.1 Å². The van der Waals surface area contributed by atoms with Gasteiger partial charge in [-0.25, -0.2) is 4.79 Å². The molecule has 27 heavy (non-hydrogen) atoms. The zero-order valence-corrected chi connectivity index (χ0v) is 19.2. The van der Waals surface area contributed by atoms with Gasteiger partial charge in [-0.3, -0.25) is 9.79 Å². The van der Waals surface area contributed by atoms with Gasteiger partial charge in [0.05, 0.1) is 6.04 Å². The van der Waals surface area contributed by atoms with E-state index in [0.717, 1.165) is 38.2 Å². The Morgan fingerprint density at radius 1 is 1.15 bits per heavy atom. The lowest BCUT2D eigenvalue weighted by Gasteiger charge is -2.23. The number of ether oxygens (including phenoxy) is 1. The van der Waals surface area contributed by atoms with Gasteiger partial charge in [0.15, 0.2) is 5.96 Å². The Balaban J connectivity index is 0.00000364. The summed E-state index contributed by atoms with van der Waals surface area (Å²) in [5, 5.41) is 9.20. The van der Waals surface area contributed by atoms with Crippen molar-refractivity contribution in [1.82, 2.24) is 20.9 Å². The molecular weight excluding hydrogens is 461 g/mol. The number of nitrogens with one attached hydrogen (secondary N) is 3. The summed E-state index contributed by atoms with van der Waals surface area (Å²) in [4.78, 5) is 30.0. The zero-order valence-electron chi connectivity index (χ0n) is 16.8. The summed E-state index contributed by atoms with van der Waals surface area (Å²) in [7, 11) is 1.75. The van der Waals surface area contributed by atoms with E-state index in [0.29, 0.717) is 25.6 Å². The minimum absolute atomic E-state index is 0. The largest absolute Gasteiger partial charge is 0.444 e. The van der Waals surface area contributed by atoms with Crippen molar-refractivity contribution in [2.45, 2.75) is 70.6 Å². The van der Waals surface area contributed by atoms with Crippen LogP contribution >= 0.6 is 24.0 Å². The molecule has 3 N–H and O–H groups in total. The third kappa shape index (κ3) is 9.48. The first-order chi connectivity index (χ1) is 12.3. The second-order valence-electron chi connectivity index (χ2n) is 8.00. The molecule has 8 nitrogen and oxygen atoms in total. The highest BCUT2D eigenvalue weighted by Gasteiger charge is 2.28. The quantitative estimate of drug-likeness (QED) is 0.226. The normalized spacial score (nSPS) is 19.9. The predicted molar refractivity (Wildman–Crippen MR) is 117 cm³/mol. The summed E-state index contributed by atoms with van der Waals surface area (Å²) < 4.78 is 5.30. The molecule has 0 bridgehead atoms. The van der Waals surface area contributed by atoms with Crippen LogP contribution in [0.2, 0.25) is 0 Å². The Labute approximate surface area is 179 Å². The highest BCUT2D eigenvalue weighted by atomic mass is 127. The van der Waals surface area contributed by atoms with Crippen molar-refractivity contribution in [3.05, 3.63) is 0 Å². The van der Waals surface area contributed by atoms with E-state index in [-0.39, 0.29) is 42.0 Å². The van der Waals surface area contributed by atoms with Crippen LogP contribution < -0.4 is 16.0 Å². The number of aliphatic imine (C=N–C) groups is 1. The fourth-order valence-corrected chi connectivity index (χ4v) is 2.85. The topological polar surface area (TPSA) is 95.1 Å². The highest BCUT2D eigenvalue weighted by molar-refractivity contribution is 14.0. The summed E-state index contributed by atoms with van der Waals surface area (Å²) in [6.45, 7) is 7.77. The van der Waals surface area contributed by atoms with Crippen molar-refractivity contribution >= 4 is 41.9 Å². The molecule has 1 heterocycles. The van der Waals surface area contributed by atoms with Gasteiger partial charge in [-0.15, -0.1) is 24.0 Å². The Kier molecular flexibility index (Phi) is 9.61. The molecule has 1 saturated carbocycles. The molecule has 1 atom stereocenters. The van der Waals surface area contributed by atoms with Crippen molar-refractivity contribution in [3.63, 3.8) is 0 Å². The molecule has 2 rings (SSSR count). The fraction of sp³-hybridized carbons (Fsp3) is 0.833. The van der Waals surface area contributed by atoms with E-state index in [1.807, 2.05) is 20.8 Å². The highest BCUT2D eigenvalue weighted by Crippen LogP contribution is 2.18. The number of amides is 2. The van der Waals surface area contributed by atoms with Crippen LogP contribution in [0.3, 0.4) is 0 Å². The first-order valence-corrected chi connectivity index (χ1v) is 9.51. The van der Waals surface area contributed by atoms with E-state index in [2.05, 4.69) is 25.8 Å². The van der Waals surface area contributed by atoms with Crippen LogP contribution in [0.4, 0.5) is 4.79 Å². The lowest BCUT2D eigenvalue weighted by molar-refractivity contribution is -0.121. The van der Waals surface area contributed by atoms with Crippen LogP contribution in [0, 0.1) is 0 Å². The molecule has 0 aromatic rings. The van der Waals surface area contributed by atoms with E-state index in [4.69, 9.17) is 4.74 Å². The second kappa shape index (κ2) is 10.9. The summed E-state index contributed by atoms with van der Waals surface area (Å²) >= 11 is 0. The van der Waals surface area contributed by atoms with E-state index in [9.17, 15) is 9.59 Å². The molecule has 0 spiro atoms. The molecular formula is C18H34IN5O3. The van der Waals surface area contributed by atoms with Crippen LogP contribution in [0.25, 0.3) is 0 Å². The van der Waals surface area contributed by atoms with E-state index in [1.54, 1.807) is 7.05 Å². The fourth-order valence-electron chi connectivity index (χ4n) is 2.85. The number of carbonyl (C=O) groups is 2. The molecule has 1 aliphatic carbocycles. The van der Waals surface area contributed by atoms with Crippen molar-refractivity contribution in [2.75, 3.05) is 26.7 Å². The standard InChI is InChI=1S/C18H33N5O3.HI/c1-18(2,3)26-17(25)22-14-9-11-23(12-14)16(19-4)20-10-5-6-15(24)21-13-7-8-13;/h13-14H,5-12H2,1-4H3,(H,19,20)(H,21,24)(H,22,25);1H. The molecule has 1 unspecified atom stereocenters. The van der Waals surface area contributed by atoms with Gasteiger partial charge in [0.25, 0.3) is 0 Å². The van der Waals surface area contributed by atoms with Gasteiger partial charge in [-0.05, 0) is 46.5 Å².